The van der Waals surface area contributed by atoms with Gasteiger partial charge in [0, 0.05) is 30.0 Å². The highest BCUT2D eigenvalue weighted by molar-refractivity contribution is 7.15. The van der Waals surface area contributed by atoms with Crippen LogP contribution in [-0.4, -0.2) is 16.9 Å². The lowest BCUT2D eigenvalue weighted by molar-refractivity contribution is -0.116. The van der Waals surface area contributed by atoms with Crippen molar-refractivity contribution < 1.29 is 9.18 Å². The lowest BCUT2D eigenvalue weighted by atomic mass is 10.1. The fourth-order valence-electron chi connectivity index (χ4n) is 1.74. The maximum absolute atomic E-state index is 13.5. The zero-order valence-corrected chi connectivity index (χ0v) is 11.9. The van der Waals surface area contributed by atoms with Crippen molar-refractivity contribution >= 4 is 22.4 Å². The van der Waals surface area contributed by atoms with E-state index in [0.29, 0.717) is 17.1 Å². The summed E-state index contributed by atoms with van der Waals surface area (Å²) in [7, 11) is 0. The van der Waals surface area contributed by atoms with Crippen LogP contribution in [0.25, 0.3) is 0 Å². The summed E-state index contributed by atoms with van der Waals surface area (Å²) in [5.74, 6) is -0.393. The largest absolute Gasteiger partial charge is 0.327 e. The monoisotopic (exact) mass is 293 g/mol. The first kappa shape index (κ1) is 14.6. The van der Waals surface area contributed by atoms with Gasteiger partial charge in [0.15, 0.2) is 5.13 Å². The van der Waals surface area contributed by atoms with Crippen LogP contribution in [0, 0.1) is 5.82 Å². The smallest absolute Gasteiger partial charge is 0.227 e. The third kappa shape index (κ3) is 4.11. The molecule has 1 heterocycles. The summed E-state index contributed by atoms with van der Waals surface area (Å²) in [5.41, 5.74) is 6.17. The zero-order valence-electron chi connectivity index (χ0n) is 11.1. The fourth-order valence-corrected chi connectivity index (χ4v) is 2.59. The number of thiazole rings is 1. The van der Waals surface area contributed by atoms with Crippen LogP contribution in [0.2, 0.25) is 0 Å². The Hall–Kier alpha value is -1.79. The molecule has 106 valence electrons. The summed E-state index contributed by atoms with van der Waals surface area (Å²) >= 11 is 1.34. The molecule has 1 unspecified atom stereocenters. The third-order valence-corrected chi connectivity index (χ3v) is 3.54. The van der Waals surface area contributed by atoms with Crippen molar-refractivity contribution in [2.24, 2.45) is 5.73 Å². The highest BCUT2D eigenvalue weighted by atomic mass is 32.1. The van der Waals surface area contributed by atoms with E-state index in [1.165, 1.54) is 17.4 Å². The molecule has 1 amide bonds. The molecule has 0 saturated heterocycles. The van der Waals surface area contributed by atoms with Crippen molar-refractivity contribution in [3.05, 3.63) is 46.7 Å². The molecule has 0 radical (unpaired) electrons. The number of hydrogen-bond donors (Lipinski definition) is 2. The lowest BCUT2D eigenvalue weighted by Crippen LogP contribution is -2.23. The van der Waals surface area contributed by atoms with Gasteiger partial charge in [0.2, 0.25) is 5.91 Å². The van der Waals surface area contributed by atoms with Crippen molar-refractivity contribution in [3.63, 3.8) is 0 Å². The number of nitrogens with two attached hydrogens (primary N) is 1. The Kier molecular flexibility index (Phi) is 4.81. The number of carbonyl (C=O) groups excluding carboxylic acids is 1. The van der Waals surface area contributed by atoms with E-state index in [1.54, 1.807) is 31.3 Å². The highest BCUT2D eigenvalue weighted by Crippen LogP contribution is 2.22. The summed E-state index contributed by atoms with van der Waals surface area (Å²) < 4.78 is 13.5. The number of benzene rings is 1. The van der Waals surface area contributed by atoms with Crippen molar-refractivity contribution in [2.45, 2.75) is 25.8 Å². The van der Waals surface area contributed by atoms with E-state index < -0.39 is 0 Å². The maximum atomic E-state index is 13.5. The molecule has 0 fully saturated rings. The highest BCUT2D eigenvalue weighted by Gasteiger charge is 2.10. The number of anilines is 1. The number of nitrogens with zero attached hydrogens (tertiary/aromatic N) is 1. The molecule has 1 atom stereocenters. The third-order valence-electron chi connectivity index (χ3n) is 2.63. The predicted molar refractivity (Wildman–Crippen MR) is 78.2 cm³/mol. The van der Waals surface area contributed by atoms with Crippen LogP contribution in [0.3, 0.4) is 0 Å². The molecule has 1 aromatic carbocycles. The molecule has 2 aromatic rings. The molecule has 0 spiro atoms. The SMILES string of the molecule is CC(N)CC(=O)Nc1ncc(Cc2ccccc2F)s1. The molecule has 0 aliphatic rings. The van der Waals surface area contributed by atoms with E-state index in [1.807, 2.05) is 0 Å². The first-order chi connectivity index (χ1) is 9.54. The van der Waals surface area contributed by atoms with E-state index >= 15 is 0 Å². The van der Waals surface area contributed by atoms with Crippen LogP contribution in [0.5, 0.6) is 0 Å². The van der Waals surface area contributed by atoms with Crippen LogP contribution in [0.4, 0.5) is 9.52 Å². The number of halogens is 1. The summed E-state index contributed by atoms with van der Waals surface area (Å²) in [6.45, 7) is 1.77. The normalized spacial score (nSPS) is 12.2. The Morgan fingerprint density at radius 3 is 2.95 bits per heavy atom. The molecular weight excluding hydrogens is 277 g/mol. The van der Waals surface area contributed by atoms with E-state index in [2.05, 4.69) is 10.3 Å². The van der Waals surface area contributed by atoms with Crippen LogP contribution >= 0.6 is 11.3 Å². The van der Waals surface area contributed by atoms with Crippen molar-refractivity contribution in [1.29, 1.82) is 0 Å². The van der Waals surface area contributed by atoms with Crippen molar-refractivity contribution in [2.75, 3.05) is 5.32 Å². The van der Waals surface area contributed by atoms with Crippen molar-refractivity contribution in [1.82, 2.24) is 4.98 Å². The molecule has 0 bridgehead atoms. The van der Waals surface area contributed by atoms with Gasteiger partial charge in [0.05, 0.1) is 0 Å². The second-order valence-electron chi connectivity index (χ2n) is 4.63. The second-order valence-corrected chi connectivity index (χ2v) is 5.74. The zero-order chi connectivity index (χ0) is 14.5. The van der Waals surface area contributed by atoms with Gasteiger partial charge in [-0.05, 0) is 18.6 Å². The van der Waals surface area contributed by atoms with Gasteiger partial charge in [-0.2, -0.15) is 0 Å². The van der Waals surface area contributed by atoms with Gasteiger partial charge in [-0.25, -0.2) is 9.37 Å². The summed E-state index contributed by atoms with van der Waals surface area (Å²) in [6, 6.07) is 6.44. The molecule has 6 heteroatoms. The average Bonchev–Trinajstić information content (AvgIpc) is 2.78. The van der Waals surface area contributed by atoms with Gasteiger partial charge in [0.25, 0.3) is 0 Å². The van der Waals surface area contributed by atoms with Crippen LogP contribution in [0.15, 0.2) is 30.5 Å². The van der Waals surface area contributed by atoms with Gasteiger partial charge in [-0.1, -0.05) is 18.2 Å². The molecule has 20 heavy (non-hydrogen) atoms. The molecule has 4 nitrogen and oxygen atoms in total. The minimum atomic E-state index is -0.233. The van der Waals surface area contributed by atoms with E-state index in [-0.39, 0.29) is 24.2 Å². The van der Waals surface area contributed by atoms with E-state index in [4.69, 9.17) is 5.73 Å². The molecule has 1 aromatic heterocycles. The standard InChI is InChI=1S/C14H16FN3OS/c1-9(16)6-13(19)18-14-17-8-11(20-14)7-10-4-2-3-5-12(10)15/h2-5,8-9H,6-7,16H2,1H3,(H,17,18,19). The first-order valence-corrected chi connectivity index (χ1v) is 7.10. The Bertz CT molecular complexity index is 598. The summed E-state index contributed by atoms with van der Waals surface area (Å²) in [6.07, 6.45) is 2.37. The minimum absolute atomic E-state index is 0.160. The minimum Gasteiger partial charge on any atom is -0.327 e. The second kappa shape index (κ2) is 6.58. The molecule has 0 saturated carbocycles. The molecule has 0 aliphatic heterocycles. The van der Waals surface area contributed by atoms with Gasteiger partial charge in [-0.3, -0.25) is 4.79 Å². The van der Waals surface area contributed by atoms with Crippen LogP contribution < -0.4 is 11.1 Å². The lowest BCUT2D eigenvalue weighted by Gasteiger charge is -2.03. The topological polar surface area (TPSA) is 68.0 Å². The van der Waals surface area contributed by atoms with Crippen molar-refractivity contribution in [3.8, 4) is 0 Å². The average molecular weight is 293 g/mol. The fraction of sp³-hybridized carbons (Fsp3) is 0.286. The number of aromatic nitrogens is 1. The summed E-state index contributed by atoms with van der Waals surface area (Å²) in [4.78, 5) is 16.6. The van der Waals surface area contributed by atoms with Gasteiger partial charge >= 0.3 is 0 Å². The first-order valence-electron chi connectivity index (χ1n) is 6.28. The van der Waals surface area contributed by atoms with Crippen LogP contribution in [-0.2, 0) is 11.2 Å². The van der Waals surface area contributed by atoms with E-state index in [9.17, 15) is 9.18 Å². The van der Waals surface area contributed by atoms with Gasteiger partial charge in [-0.15, -0.1) is 11.3 Å². The predicted octanol–water partition coefficient (Wildman–Crippen LogP) is 2.55. The van der Waals surface area contributed by atoms with Crippen LogP contribution in [0.1, 0.15) is 23.8 Å². The number of rotatable bonds is 5. The molecule has 0 aliphatic carbocycles. The number of nitrogens with one attached hydrogen (secondary N) is 1. The number of carbonyl (C=O) groups is 1. The molecule has 2 rings (SSSR count). The quantitative estimate of drug-likeness (QED) is 0.890. The Morgan fingerprint density at radius 1 is 1.50 bits per heavy atom. The van der Waals surface area contributed by atoms with E-state index in [0.717, 1.165) is 4.88 Å². The molecular formula is C14H16FN3OS. The van der Waals surface area contributed by atoms with Gasteiger partial charge in [0.1, 0.15) is 5.82 Å². The number of hydrogen-bond acceptors (Lipinski definition) is 4. The number of amides is 1. The Labute approximate surface area is 120 Å². The van der Waals surface area contributed by atoms with Gasteiger partial charge < -0.3 is 11.1 Å². The molecule has 3 N–H and O–H groups in total. The maximum Gasteiger partial charge on any atom is 0.227 e. The Morgan fingerprint density at radius 2 is 2.25 bits per heavy atom. The Balaban J connectivity index is 1.99. The summed E-state index contributed by atoms with van der Waals surface area (Å²) in [5, 5.41) is 3.20.